The van der Waals surface area contributed by atoms with Crippen molar-refractivity contribution in [3.05, 3.63) is 29.8 Å². The van der Waals surface area contributed by atoms with Crippen molar-refractivity contribution >= 4 is 17.6 Å². The summed E-state index contributed by atoms with van der Waals surface area (Å²) in [7, 11) is 0. The molecule has 0 aliphatic rings. The number of hydrogen-bond acceptors (Lipinski definition) is 3. The molecule has 1 unspecified atom stereocenters. The minimum Gasteiger partial charge on any atom is -0.481 e. The zero-order valence-electron chi connectivity index (χ0n) is 11.2. The fourth-order valence-electron chi connectivity index (χ4n) is 1.73. The maximum absolute atomic E-state index is 11.8. The van der Waals surface area contributed by atoms with Gasteiger partial charge in [0.1, 0.15) is 0 Å². The molecule has 1 aromatic carbocycles. The van der Waals surface area contributed by atoms with E-state index in [4.69, 9.17) is 10.8 Å². The van der Waals surface area contributed by atoms with Gasteiger partial charge in [-0.05, 0) is 30.0 Å². The van der Waals surface area contributed by atoms with Crippen molar-refractivity contribution in [3.63, 3.8) is 0 Å². The number of anilines is 1. The Labute approximate surface area is 112 Å². The molecule has 0 aromatic heterocycles. The highest BCUT2D eigenvalue weighted by Gasteiger charge is 2.14. The summed E-state index contributed by atoms with van der Waals surface area (Å²) >= 11 is 0. The molecule has 0 radical (unpaired) electrons. The van der Waals surface area contributed by atoms with E-state index in [1.165, 1.54) is 0 Å². The highest BCUT2D eigenvalue weighted by molar-refractivity contribution is 5.94. The first-order valence-corrected chi connectivity index (χ1v) is 6.25. The van der Waals surface area contributed by atoms with E-state index in [-0.39, 0.29) is 12.3 Å². The van der Waals surface area contributed by atoms with Gasteiger partial charge in [-0.3, -0.25) is 9.59 Å². The number of benzene rings is 1. The number of carbonyl (C=O) groups excluding carboxylic acids is 1. The van der Waals surface area contributed by atoms with Gasteiger partial charge >= 0.3 is 5.97 Å². The van der Waals surface area contributed by atoms with Gasteiger partial charge in [-0.1, -0.05) is 26.0 Å². The van der Waals surface area contributed by atoms with Gasteiger partial charge in [-0.25, -0.2) is 0 Å². The number of carboxylic acid groups (broad SMARTS) is 1. The molecule has 4 N–H and O–H groups in total. The minimum atomic E-state index is -0.879. The smallest absolute Gasteiger partial charge is 0.307 e. The van der Waals surface area contributed by atoms with Crippen LogP contribution in [0.5, 0.6) is 0 Å². The molecular weight excluding hydrogens is 244 g/mol. The van der Waals surface area contributed by atoms with E-state index in [0.717, 1.165) is 0 Å². The first-order chi connectivity index (χ1) is 8.88. The fraction of sp³-hybridized carbons (Fsp3) is 0.429. The first kappa shape index (κ1) is 15.2. The lowest BCUT2D eigenvalue weighted by Crippen LogP contribution is -2.36. The molecule has 0 saturated carbocycles. The van der Waals surface area contributed by atoms with Crippen molar-refractivity contribution in [2.45, 2.75) is 32.7 Å². The number of hydrogen-bond donors (Lipinski definition) is 3. The summed E-state index contributed by atoms with van der Waals surface area (Å²) in [5.41, 5.74) is 7.09. The molecule has 1 atom stereocenters. The van der Waals surface area contributed by atoms with Gasteiger partial charge in [-0.2, -0.15) is 0 Å². The molecule has 19 heavy (non-hydrogen) atoms. The van der Waals surface area contributed by atoms with Crippen molar-refractivity contribution in [2.75, 3.05) is 5.32 Å². The Bertz CT molecular complexity index is 441. The summed E-state index contributed by atoms with van der Waals surface area (Å²) in [6.07, 6.45) is 0.601. The van der Waals surface area contributed by atoms with Gasteiger partial charge in [0.15, 0.2) is 0 Å². The van der Waals surface area contributed by atoms with Crippen LogP contribution in [0.25, 0.3) is 0 Å². The number of amides is 1. The van der Waals surface area contributed by atoms with Crippen LogP contribution in [-0.4, -0.2) is 23.0 Å². The molecule has 0 aliphatic carbocycles. The third-order valence-electron chi connectivity index (χ3n) is 2.64. The summed E-state index contributed by atoms with van der Waals surface area (Å²) in [5, 5.41) is 11.4. The second-order valence-electron chi connectivity index (χ2n) is 4.99. The molecule has 0 heterocycles. The lowest BCUT2D eigenvalue weighted by atomic mass is 10.0. The predicted octanol–water partition coefficient (Wildman–Crippen LogP) is 1.63. The molecular formula is C14H20N2O3. The van der Waals surface area contributed by atoms with E-state index in [9.17, 15) is 9.59 Å². The summed E-state index contributed by atoms with van der Waals surface area (Å²) in [6.45, 7) is 4.02. The van der Waals surface area contributed by atoms with Crippen LogP contribution in [0, 0.1) is 5.92 Å². The number of rotatable bonds is 6. The van der Waals surface area contributed by atoms with E-state index in [1.807, 2.05) is 13.8 Å². The SMILES string of the molecule is CC(C)CC(N)C(=O)Nc1ccc(CC(=O)O)cc1. The van der Waals surface area contributed by atoms with E-state index < -0.39 is 12.0 Å². The van der Waals surface area contributed by atoms with E-state index in [0.29, 0.717) is 23.6 Å². The van der Waals surface area contributed by atoms with E-state index in [2.05, 4.69) is 5.32 Å². The molecule has 1 aromatic rings. The zero-order valence-corrected chi connectivity index (χ0v) is 11.2. The van der Waals surface area contributed by atoms with Gasteiger partial charge in [0.25, 0.3) is 0 Å². The number of carboxylic acids is 1. The molecule has 5 heteroatoms. The second-order valence-corrected chi connectivity index (χ2v) is 4.99. The zero-order chi connectivity index (χ0) is 14.4. The summed E-state index contributed by atoms with van der Waals surface area (Å²) < 4.78 is 0. The lowest BCUT2D eigenvalue weighted by Gasteiger charge is -2.14. The van der Waals surface area contributed by atoms with Crippen LogP contribution in [0.15, 0.2) is 24.3 Å². The van der Waals surface area contributed by atoms with Crippen LogP contribution >= 0.6 is 0 Å². The Hall–Kier alpha value is -1.88. The van der Waals surface area contributed by atoms with Crippen LogP contribution in [0.3, 0.4) is 0 Å². The van der Waals surface area contributed by atoms with Gasteiger partial charge < -0.3 is 16.2 Å². The van der Waals surface area contributed by atoms with Crippen LogP contribution in [-0.2, 0) is 16.0 Å². The molecule has 1 rings (SSSR count). The van der Waals surface area contributed by atoms with Crippen LogP contribution in [0.4, 0.5) is 5.69 Å². The van der Waals surface area contributed by atoms with Gasteiger partial charge in [-0.15, -0.1) is 0 Å². The molecule has 0 aliphatic heterocycles. The maximum atomic E-state index is 11.8. The van der Waals surface area contributed by atoms with Crippen molar-refractivity contribution in [1.29, 1.82) is 0 Å². The van der Waals surface area contributed by atoms with Crippen LogP contribution in [0.1, 0.15) is 25.8 Å². The predicted molar refractivity (Wildman–Crippen MR) is 73.8 cm³/mol. The second kappa shape index (κ2) is 6.89. The van der Waals surface area contributed by atoms with Gasteiger partial charge in [0.05, 0.1) is 12.5 Å². The van der Waals surface area contributed by atoms with E-state index in [1.54, 1.807) is 24.3 Å². The molecule has 0 fully saturated rings. The van der Waals surface area contributed by atoms with Crippen molar-refractivity contribution < 1.29 is 14.7 Å². The van der Waals surface area contributed by atoms with Crippen molar-refractivity contribution in [2.24, 2.45) is 11.7 Å². The number of aliphatic carboxylic acids is 1. The molecule has 104 valence electrons. The Morgan fingerprint density at radius 3 is 2.32 bits per heavy atom. The maximum Gasteiger partial charge on any atom is 0.307 e. The average molecular weight is 264 g/mol. The quantitative estimate of drug-likeness (QED) is 0.728. The Morgan fingerprint density at radius 1 is 1.26 bits per heavy atom. The van der Waals surface area contributed by atoms with Gasteiger partial charge in [0, 0.05) is 5.69 Å². The van der Waals surface area contributed by atoms with E-state index >= 15 is 0 Å². The Balaban J connectivity index is 2.57. The summed E-state index contributed by atoms with van der Waals surface area (Å²) in [4.78, 5) is 22.3. The molecule has 0 bridgehead atoms. The largest absolute Gasteiger partial charge is 0.481 e. The Kier molecular flexibility index (Phi) is 5.51. The number of nitrogens with one attached hydrogen (secondary N) is 1. The van der Waals surface area contributed by atoms with Gasteiger partial charge in [0.2, 0.25) is 5.91 Å². The average Bonchev–Trinajstić information content (AvgIpc) is 2.30. The Morgan fingerprint density at radius 2 is 1.84 bits per heavy atom. The van der Waals surface area contributed by atoms with Crippen molar-refractivity contribution in [3.8, 4) is 0 Å². The fourth-order valence-corrected chi connectivity index (χ4v) is 1.73. The first-order valence-electron chi connectivity index (χ1n) is 6.25. The lowest BCUT2D eigenvalue weighted by molar-refractivity contribution is -0.136. The normalized spacial score (nSPS) is 12.2. The standard InChI is InChI=1S/C14H20N2O3/c1-9(2)7-12(15)14(19)16-11-5-3-10(4-6-11)8-13(17)18/h3-6,9,12H,7-8,15H2,1-2H3,(H,16,19)(H,17,18). The summed E-state index contributed by atoms with van der Waals surface area (Å²) in [5.74, 6) is -0.742. The minimum absolute atomic E-state index is 0.0267. The van der Waals surface area contributed by atoms with Crippen molar-refractivity contribution in [1.82, 2.24) is 0 Å². The monoisotopic (exact) mass is 264 g/mol. The third kappa shape index (κ3) is 5.52. The topological polar surface area (TPSA) is 92.4 Å². The molecule has 0 spiro atoms. The van der Waals surface area contributed by atoms with Crippen LogP contribution in [0.2, 0.25) is 0 Å². The highest BCUT2D eigenvalue weighted by atomic mass is 16.4. The van der Waals surface area contributed by atoms with Crippen LogP contribution < -0.4 is 11.1 Å². The third-order valence-corrected chi connectivity index (χ3v) is 2.64. The molecule has 1 amide bonds. The summed E-state index contributed by atoms with van der Waals surface area (Å²) in [6, 6.07) is 6.19. The highest BCUT2D eigenvalue weighted by Crippen LogP contribution is 2.11. The molecule has 0 saturated heterocycles. The molecule has 5 nitrogen and oxygen atoms in total. The number of nitrogens with two attached hydrogens (primary N) is 1. The number of carbonyl (C=O) groups is 2.